The molecule has 1 fully saturated rings. The number of Topliss-reactive ketones (excluding diaryl/α,β-unsaturated/α-hetero) is 1. The second-order valence-electron chi connectivity index (χ2n) is 21.5. The first-order valence-corrected chi connectivity index (χ1v) is 26.8. The Morgan fingerprint density at radius 2 is 1.44 bits per heavy atom. The second kappa shape index (κ2) is 31.6. The van der Waals surface area contributed by atoms with Crippen LogP contribution in [0.5, 0.6) is 23.0 Å². The molecular weight excluding hydrogens is 1220 g/mol. The normalized spacial score (nSPS) is 13.2. The summed E-state index contributed by atoms with van der Waals surface area (Å²) in [4.78, 5) is 16.9. The number of carbonyl (C=O) groups excluding carboxylic acids is 1. The summed E-state index contributed by atoms with van der Waals surface area (Å²) < 4.78 is 25.9. The molecular formula is C66H78ClN5O5U. The molecule has 2 unspecified atom stereocenters. The number of ketones is 1. The Hall–Kier alpha value is -5.90. The molecule has 4 aromatic carbocycles. The van der Waals surface area contributed by atoms with Crippen LogP contribution in [0.25, 0.3) is 11.1 Å². The zero-order chi connectivity index (χ0) is 56.2. The number of carbonyl (C=O) groups is 1. The maximum absolute atomic E-state index is 12.7. The molecule has 1 aromatic heterocycles. The van der Waals surface area contributed by atoms with Crippen LogP contribution >= 0.6 is 11.6 Å². The molecule has 408 valence electrons. The molecule has 0 aliphatic heterocycles. The number of hydrogen-bond acceptors (Lipinski definition) is 10. The Bertz CT molecular complexity index is 2990. The van der Waals surface area contributed by atoms with Crippen molar-refractivity contribution in [2.45, 2.75) is 147 Å². The van der Waals surface area contributed by atoms with Crippen LogP contribution in [-0.4, -0.2) is 29.5 Å². The number of nitrogens with one attached hydrogen (secondary N) is 2. The number of pyridine rings is 1. The van der Waals surface area contributed by atoms with Crippen LogP contribution in [0.3, 0.4) is 0 Å². The summed E-state index contributed by atoms with van der Waals surface area (Å²) in [6, 6.07) is 25.8. The van der Waals surface area contributed by atoms with Gasteiger partial charge < -0.3 is 41.6 Å². The van der Waals surface area contributed by atoms with Crippen molar-refractivity contribution in [1.82, 2.24) is 15.6 Å². The first-order chi connectivity index (χ1) is 36.7. The molecule has 1 aliphatic carbocycles. The SMILES string of the molecule is C=[C-]C(C[C-](C)C)NCc1cc(Cl)c(OCc2cccc(-c3cccc(COc4cc(OCc5cncc(C#N)c5)c(CNC(CC(C)(C)C)C(C)=O)cc4C)c3C)c2C)cc1OCC(/C=C(/C#N)C=C)=C/C.CC1CC1.[U+2]. The Morgan fingerprint density at radius 3 is 1.97 bits per heavy atom. The molecule has 0 radical (unpaired) electrons. The van der Waals surface area contributed by atoms with E-state index >= 15 is 0 Å². The first-order valence-electron chi connectivity index (χ1n) is 26.4. The number of aromatic nitrogens is 1. The molecule has 6 rings (SSSR count). The number of aryl methyl sites for hydroxylation is 1. The number of benzene rings is 4. The molecule has 10 nitrogen and oxygen atoms in total. The van der Waals surface area contributed by atoms with E-state index in [1.165, 1.54) is 31.0 Å². The van der Waals surface area contributed by atoms with Gasteiger partial charge in [0.05, 0.1) is 28.3 Å². The molecule has 1 heterocycles. The van der Waals surface area contributed by atoms with E-state index in [9.17, 15) is 15.3 Å². The van der Waals surface area contributed by atoms with Gasteiger partial charge in [0.25, 0.3) is 0 Å². The standard InChI is InChI=1S/C62H70ClN5O5.C4H8.U/c1-13-45(30-64)24-46(14-2)36-70-60-28-61(56(63)26-52(60)34-67-53(15-3)22-40(4)5)73-39-50-19-17-21-55(43(50)8)54-20-16-18-49(42(54)7)38-72-58-27-59(71-37-48-25-47(31-65)32-66-33-48)51(23-41(58)6)35-68-57(44(9)69)29-62(10,11)12;1-4-2-3-4;/h13-14,16-21,23-28,32-33,53,57,67-68H,1,3,22,29,34-39H2,2,4-12H3;4H,2-3H2,1H3;/q-2;;+2/b45-24+,46-14+;;. The Kier molecular flexibility index (Phi) is 26.2. The van der Waals surface area contributed by atoms with Crippen LogP contribution in [0.4, 0.5) is 0 Å². The summed E-state index contributed by atoms with van der Waals surface area (Å²) in [6.45, 7) is 32.1. The van der Waals surface area contributed by atoms with Crippen molar-refractivity contribution in [2.75, 3.05) is 6.61 Å². The summed E-state index contributed by atoms with van der Waals surface area (Å²) in [7, 11) is 0. The van der Waals surface area contributed by atoms with Crippen molar-refractivity contribution in [2.24, 2.45) is 11.3 Å². The van der Waals surface area contributed by atoms with Crippen molar-refractivity contribution in [3.63, 3.8) is 0 Å². The average molecular weight is 1290 g/mol. The topological polar surface area (TPSA) is 139 Å². The van der Waals surface area contributed by atoms with E-state index in [2.05, 4.69) is 127 Å². The van der Waals surface area contributed by atoms with Gasteiger partial charge in [0, 0.05) is 54.3 Å². The smallest absolute Gasteiger partial charge is 0.489 e. The summed E-state index contributed by atoms with van der Waals surface area (Å²) in [5.41, 5.74) is 11.4. The summed E-state index contributed by atoms with van der Waals surface area (Å²) in [5.74, 6) is 4.78. The maximum atomic E-state index is 12.7. The molecule has 0 amide bonds. The fourth-order valence-electron chi connectivity index (χ4n) is 8.41. The molecule has 78 heavy (non-hydrogen) atoms. The minimum Gasteiger partial charge on any atom is -0.489 e. The van der Waals surface area contributed by atoms with Crippen LogP contribution in [0.15, 0.2) is 122 Å². The quantitative estimate of drug-likeness (QED) is 0.0313. The molecule has 0 bridgehead atoms. The van der Waals surface area contributed by atoms with Gasteiger partial charge >= 0.3 is 31.1 Å². The number of nitrogens with zero attached hydrogens (tertiary/aromatic N) is 3. The Labute approximate surface area is 494 Å². The van der Waals surface area contributed by atoms with Gasteiger partial charge in [-0.15, -0.1) is 0 Å². The average Bonchev–Trinajstić information content (AvgIpc) is 4.20. The molecule has 1 saturated carbocycles. The van der Waals surface area contributed by atoms with E-state index in [1.807, 2.05) is 56.3 Å². The van der Waals surface area contributed by atoms with Gasteiger partial charge in [-0.25, -0.2) is 0 Å². The van der Waals surface area contributed by atoms with Crippen molar-refractivity contribution in [1.29, 1.82) is 10.5 Å². The van der Waals surface area contributed by atoms with E-state index in [0.29, 0.717) is 65.3 Å². The minimum atomic E-state index is -0.316. The maximum Gasteiger partial charge on any atom is 2.00 e. The zero-order valence-electron chi connectivity index (χ0n) is 47.7. The Morgan fingerprint density at radius 1 is 0.859 bits per heavy atom. The third-order valence-electron chi connectivity index (χ3n) is 13.3. The van der Waals surface area contributed by atoms with Gasteiger partial charge in [-0.2, -0.15) is 36.8 Å². The fraction of sp³-hybridized carbons (Fsp3) is 0.379. The third-order valence-corrected chi connectivity index (χ3v) is 13.6. The number of hydrogen-bond donors (Lipinski definition) is 2. The molecule has 5 aromatic rings. The van der Waals surface area contributed by atoms with Crippen molar-refractivity contribution < 1.29 is 54.9 Å². The number of ether oxygens (including phenoxy) is 4. The van der Waals surface area contributed by atoms with Gasteiger partial charge in [-0.1, -0.05) is 107 Å². The molecule has 2 N–H and O–H groups in total. The van der Waals surface area contributed by atoms with Crippen LogP contribution in [-0.2, 0) is 37.7 Å². The zero-order valence-corrected chi connectivity index (χ0v) is 52.6. The van der Waals surface area contributed by atoms with Crippen molar-refractivity contribution in [3.05, 3.63) is 189 Å². The second-order valence-corrected chi connectivity index (χ2v) is 21.9. The fourth-order valence-corrected chi connectivity index (χ4v) is 8.66. The van der Waals surface area contributed by atoms with Crippen molar-refractivity contribution >= 4 is 17.4 Å². The summed E-state index contributed by atoms with van der Waals surface area (Å²) in [5, 5.41) is 26.4. The Balaban J connectivity index is 0.00000250. The molecule has 1 aliphatic rings. The van der Waals surface area contributed by atoms with Gasteiger partial charge in [-0.05, 0) is 121 Å². The van der Waals surface area contributed by atoms with E-state index < -0.39 is 0 Å². The third kappa shape index (κ3) is 20.4. The van der Waals surface area contributed by atoms with Gasteiger partial charge in [-0.3, -0.25) is 16.4 Å². The number of allylic oxidation sites excluding steroid dienone is 3. The largest absolute Gasteiger partial charge is 2.00 e. The van der Waals surface area contributed by atoms with E-state index in [0.717, 1.165) is 73.5 Å². The molecule has 2 atom stereocenters. The van der Waals surface area contributed by atoms with Crippen molar-refractivity contribution in [3.8, 4) is 46.3 Å². The van der Waals surface area contributed by atoms with Crippen LogP contribution < -0.4 is 29.6 Å². The number of halogens is 1. The van der Waals surface area contributed by atoms with E-state index in [-0.39, 0.29) is 74.2 Å². The number of rotatable bonds is 26. The predicted octanol–water partition coefficient (Wildman–Crippen LogP) is 15.2. The molecule has 12 heteroatoms. The van der Waals surface area contributed by atoms with Gasteiger partial charge in [0.1, 0.15) is 61.3 Å². The van der Waals surface area contributed by atoms with Crippen LogP contribution in [0.2, 0.25) is 5.02 Å². The molecule has 0 saturated heterocycles. The first kappa shape index (κ1) is 64.6. The number of nitriles is 2. The summed E-state index contributed by atoms with van der Waals surface area (Å²) >= 11 is 6.96. The van der Waals surface area contributed by atoms with E-state index in [4.69, 9.17) is 30.5 Å². The minimum absolute atomic E-state index is 0. The molecule has 0 spiro atoms. The summed E-state index contributed by atoms with van der Waals surface area (Å²) in [6.07, 6.45) is 15.9. The van der Waals surface area contributed by atoms with Crippen LogP contribution in [0.1, 0.15) is 131 Å². The van der Waals surface area contributed by atoms with E-state index in [1.54, 1.807) is 25.3 Å². The predicted molar refractivity (Wildman–Crippen MR) is 312 cm³/mol. The van der Waals surface area contributed by atoms with Crippen LogP contribution in [0, 0.1) is 97.9 Å². The van der Waals surface area contributed by atoms with Gasteiger partial charge in [0.15, 0.2) is 0 Å². The monoisotopic (exact) mass is 1290 g/mol. The van der Waals surface area contributed by atoms with Gasteiger partial charge in [0.2, 0.25) is 0 Å².